The lowest BCUT2D eigenvalue weighted by molar-refractivity contribution is 0.215. The second-order valence-corrected chi connectivity index (χ2v) is 4.09. The molecule has 2 aromatic rings. The van der Waals surface area contributed by atoms with E-state index in [1.807, 2.05) is 32.0 Å². The van der Waals surface area contributed by atoms with Gasteiger partial charge in [0.2, 0.25) is 0 Å². The molecule has 4 nitrogen and oxygen atoms in total. The average molecular weight is 229 g/mol. The Morgan fingerprint density at radius 1 is 1.18 bits per heavy atom. The first-order chi connectivity index (χ1) is 8.09. The Hall–Kier alpha value is -1.94. The molecule has 0 spiro atoms. The number of aliphatic hydroxyl groups excluding tert-OH is 1. The third-order valence-corrected chi connectivity index (χ3v) is 2.73. The predicted molar refractivity (Wildman–Crippen MR) is 66.4 cm³/mol. The minimum atomic E-state index is -0.830. The summed E-state index contributed by atoms with van der Waals surface area (Å²) >= 11 is 0. The summed E-state index contributed by atoms with van der Waals surface area (Å²) < 4.78 is 0. The molecule has 0 amide bonds. The van der Waals surface area contributed by atoms with Gasteiger partial charge in [0.25, 0.3) is 0 Å². The maximum absolute atomic E-state index is 10.3. The minimum Gasteiger partial charge on any atom is -0.383 e. The topological polar surface area (TPSA) is 72.0 Å². The van der Waals surface area contributed by atoms with Crippen LogP contribution in [0, 0.1) is 13.8 Å². The van der Waals surface area contributed by atoms with E-state index in [9.17, 15) is 5.11 Å². The summed E-state index contributed by atoms with van der Waals surface area (Å²) in [5, 5.41) is 10.3. The first-order valence-electron chi connectivity index (χ1n) is 5.41. The van der Waals surface area contributed by atoms with Gasteiger partial charge in [-0.25, -0.2) is 4.98 Å². The van der Waals surface area contributed by atoms with E-state index in [1.165, 1.54) is 0 Å². The van der Waals surface area contributed by atoms with Crippen molar-refractivity contribution in [2.45, 2.75) is 20.0 Å². The van der Waals surface area contributed by atoms with Gasteiger partial charge in [-0.3, -0.25) is 4.98 Å². The lowest BCUT2D eigenvalue weighted by Gasteiger charge is -2.15. The van der Waals surface area contributed by atoms with Gasteiger partial charge in [0.05, 0.1) is 5.69 Å². The van der Waals surface area contributed by atoms with Crippen molar-refractivity contribution in [3.05, 3.63) is 53.0 Å². The number of rotatable bonds is 2. The molecule has 0 fully saturated rings. The molecule has 0 aliphatic rings. The quantitative estimate of drug-likeness (QED) is 0.823. The second-order valence-electron chi connectivity index (χ2n) is 4.09. The van der Waals surface area contributed by atoms with Gasteiger partial charge in [0, 0.05) is 18.0 Å². The average Bonchev–Trinajstić information content (AvgIpc) is 2.28. The molecule has 0 bridgehead atoms. The van der Waals surface area contributed by atoms with Crippen LogP contribution in [0.4, 0.5) is 5.82 Å². The van der Waals surface area contributed by atoms with E-state index in [0.29, 0.717) is 17.1 Å². The number of pyridine rings is 2. The van der Waals surface area contributed by atoms with Crippen LogP contribution < -0.4 is 5.73 Å². The number of nitrogens with zero attached hydrogens (tertiary/aromatic N) is 2. The molecule has 2 rings (SSSR count). The Balaban J connectivity index is 2.47. The highest BCUT2D eigenvalue weighted by Gasteiger charge is 2.17. The van der Waals surface area contributed by atoms with E-state index >= 15 is 0 Å². The molecule has 0 aliphatic heterocycles. The summed E-state index contributed by atoms with van der Waals surface area (Å²) in [6, 6.07) is 5.55. The van der Waals surface area contributed by atoms with E-state index in [-0.39, 0.29) is 0 Å². The van der Waals surface area contributed by atoms with Gasteiger partial charge in [-0.2, -0.15) is 0 Å². The third-order valence-electron chi connectivity index (χ3n) is 2.73. The molecule has 1 atom stereocenters. The number of nitrogens with two attached hydrogens (primary N) is 1. The maximum atomic E-state index is 10.3. The van der Waals surface area contributed by atoms with Gasteiger partial charge >= 0.3 is 0 Å². The summed E-state index contributed by atoms with van der Waals surface area (Å²) in [7, 11) is 0. The summed E-state index contributed by atoms with van der Waals surface area (Å²) in [6.45, 7) is 3.85. The third kappa shape index (κ3) is 2.26. The van der Waals surface area contributed by atoms with Crippen LogP contribution in [0.3, 0.4) is 0 Å². The fourth-order valence-electron chi connectivity index (χ4n) is 1.80. The van der Waals surface area contributed by atoms with Crippen molar-refractivity contribution in [2.24, 2.45) is 0 Å². The van der Waals surface area contributed by atoms with Gasteiger partial charge in [-0.15, -0.1) is 0 Å². The van der Waals surface area contributed by atoms with E-state index in [4.69, 9.17) is 5.73 Å². The smallest absolute Gasteiger partial charge is 0.129 e. The highest BCUT2D eigenvalue weighted by Crippen LogP contribution is 2.27. The Labute approximate surface area is 100 Å². The zero-order valence-corrected chi connectivity index (χ0v) is 9.88. The normalized spacial score (nSPS) is 12.4. The van der Waals surface area contributed by atoms with Gasteiger partial charge in [0.15, 0.2) is 0 Å². The zero-order valence-electron chi connectivity index (χ0n) is 9.88. The maximum Gasteiger partial charge on any atom is 0.129 e. The van der Waals surface area contributed by atoms with E-state index in [1.54, 1.807) is 12.4 Å². The number of aliphatic hydroxyl groups is 1. The number of aryl methyl sites for hydroxylation is 2. The van der Waals surface area contributed by atoms with E-state index < -0.39 is 6.10 Å². The van der Waals surface area contributed by atoms with Crippen LogP contribution in [0.5, 0.6) is 0 Å². The highest BCUT2D eigenvalue weighted by molar-refractivity contribution is 5.48. The summed E-state index contributed by atoms with van der Waals surface area (Å²) in [5.74, 6) is 0.348. The summed E-state index contributed by atoms with van der Waals surface area (Å²) in [4.78, 5) is 8.16. The van der Waals surface area contributed by atoms with Crippen molar-refractivity contribution in [3.8, 4) is 0 Å². The van der Waals surface area contributed by atoms with Gasteiger partial charge in [0.1, 0.15) is 11.9 Å². The van der Waals surface area contributed by atoms with Crippen LogP contribution >= 0.6 is 0 Å². The van der Waals surface area contributed by atoms with Crippen LogP contribution in [0.1, 0.15) is 28.5 Å². The second kappa shape index (κ2) is 4.51. The lowest BCUT2D eigenvalue weighted by atomic mass is 10.0. The Morgan fingerprint density at radius 3 is 2.53 bits per heavy atom. The molecule has 2 aromatic heterocycles. The molecule has 0 aromatic carbocycles. The minimum absolute atomic E-state index is 0.348. The fourth-order valence-corrected chi connectivity index (χ4v) is 1.80. The number of anilines is 1. The molecular weight excluding hydrogens is 214 g/mol. The summed E-state index contributed by atoms with van der Waals surface area (Å²) in [6.07, 6.45) is 2.48. The molecular formula is C13H15N3O. The Morgan fingerprint density at radius 2 is 1.88 bits per heavy atom. The molecule has 0 saturated heterocycles. The number of aromatic nitrogens is 2. The molecule has 0 radical (unpaired) electrons. The van der Waals surface area contributed by atoms with E-state index in [2.05, 4.69) is 9.97 Å². The van der Waals surface area contributed by atoms with Gasteiger partial charge in [-0.05, 0) is 43.2 Å². The van der Waals surface area contributed by atoms with Crippen molar-refractivity contribution in [3.63, 3.8) is 0 Å². The molecule has 3 N–H and O–H groups in total. The van der Waals surface area contributed by atoms with Gasteiger partial charge in [-0.1, -0.05) is 0 Å². The van der Waals surface area contributed by atoms with Crippen LogP contribution in [-0.2, 0) is 0 Å². The Bertz CT molecular complexity index is 520. The monoisotopic (exact) mass is 229 g/mol. The first kappa shape index (κ1) is 11.5. The Kier molecular flexibility index (Phi) is 3.06. The SMILES string of the molecule is Cc1ccnc(C(O)c2c(C)ccnc2N)c1. The lowest BCUT2D eigenvalue weighted by Crippen LogP contribution is -2.09. The zero-order chi connectivity index (χ0) is 12.4. The van der Waals surface area contributed by atoms with Crippen LogP contribution in [0.15, 0.2) is 30.6 Å². The van der Waals surface area contributed by atoms with Gasteiger partial charge < -0.3 is 10.8 Å². The predicted octanol–water partition coefficient (Wildman–Crippen LogP) is 1.76. The van der Waals surface area contributed by atoms with Crippen LogP contribution in [0.25, 0.3) is 0 Å². The van der Waals surface area contributed by atoms with Crippen molar-refractivity contribution < 1.29 is 5.11 Å². The molecule has 0 aliphatic carbocycles. The first-order valence-corrected chi connectivity index (χ1v) is 5.41. The standard InChI is InChI=1S/C13H15N3O/c1-8-3-5-15-10(7-8)12(17)11-9(2)4-6-16-13(11)14/h3-7,12,17H,1-2H3,(H2,14,16). The molecule has 88 valence electrons. The van der Waals surface area contributed by atoms with Crippen molar-refractivity contribution in [2.75, 3.05) is 5.73 Å². The highest BCUT2D eigenvalue weighted by atomic mass is 16.3. The molecule has 0 saturated carbocycles. The molecule has 17 heavy (non-hydrogen) atoms. The molecule has 2 heterocycles. The van der Waals surface area contributed by atoms with Crippen molar-refractivity contribution in [1.82, 2.24) is 9.97 Å². The summed E-state index contributed by atoms with van der Waals surface area (Å²) in [5.41, 5.74) is 8.98. The van der Waals surface area contributed by atoms with E-state index in [0.717, 1.165) is 11.1 Å². The van der Waals surface area contributed by atoms with Crippen LogP contribution in [-0.4, -0.2) is 15.1 Å². The number of nitrogen functional groups attached to an aromatic ring is 1. The number of hydrogen-bond donors (Lipinski definition) is 2. The largest absolute Gasteiger partial charge is 0.383 e. The molecule has 4 heteroatoms. The van der Waals surface area contributed by atoms with Crippen LogP contribution in [0.2, 0.25) is 0 Å². The number of hydrogen-bond acceptors (Lipinski definition) is 4. The van der Waals surface area contributed by atoms with Crippen molar-refractivity contribution in [1.29, 1.82) is 0 Å². The fraction of sp³-hybridized carbons (Fsp3) is 0.231. The van der Waals surface area contributed by atoms with Crippen molar-refractivity contribution >= 4 is 5.82 Å². The molecule has 1 unspecified atom stereocenters.